The fourth-order valence-electron chi connectivity index (χ4n) is 3.30. The Morgan fingerprint density at radius 2 is 1.78 bits per heavy atom. The van der Waals surface area contributed by atoms with Crippen molar-refractivity contribution < 1.29 is 14.3 Å². The molecule has 1 aliphatic heterocycles. The predicted molar refractivity (Wildman–Crippen MR) is 88.4 cm³/mol. The molecule has 2 amide bonds. The van der Waals surface area contributed by atoms with Crippen molar-refractivity contribution in [2.24, 2.45) is 0 Å². The fraction of sp³-hybridized carbons (Fsp3) is 0.556. The molecule has 1 aliphatic carbocycles. The van der Waals surface area contributed by atoms with Gasteiger partial charge in [-0.2, -0.15) is 0 Å². The summed E-state index contributed by atoms with van der Waals surface area (Å²) in [5.74, 6) is -0.277. The van der Waals surface area contributed by atoms with Gasteiger partial charge in [-0.15, -0.1) is 0 Å². The van der Waals surface area contributed by atoms with Crippen LogP contribution in [0.4, 0.5) is 5.69 Å². The SMILES string of the molecule is O=C(NC1CCCCC1)c1ccccc1NC(=O)C1CCCO1. The molecule has 0 aromatic heterocycles. The van der Waals surface area contributed by atoms with Crippen LogP contribution in [0.3, 0.4) is 0 Å². The van der Waals surface area contributed by atoms with Gasteiger partial charge >= 0.3 is 0 Å². The van der Waals surface area contributed by atoms with E-state index < -0.39 is 6.10 Å². The number of nitrogens with one attached hydrogen (secondary N) is 2. The van der Waals surface area contributed by atoms with Crippen LogP contribution in [0.1, 0.15) is 55.3 Å². The lowest BCUT2D eigenvalue weighted by Crippen LogP contribution is -2.37. The summed E-state index contributed by atoms with van der Waals surface area (Å²) in [5.41, 5.74) is 1.07. The Hall–Kier alpha value is -1.88. The molecule has 5 heteroatoms. The molecule has 1 heterocycles. The Labute approximate surface area is 136 Å². The lowest BCUT2D eigenvalue weighted by molar-refractivity contribution is -0.124. The molecule has 0 radical (unpaired) electrons. The van der Waals surface area contributed by atoms with Gasteiger partial charge in [0.25, 0.3) is 11.8 Å². The number of amides is 2. The highest BCUT2D eigenvalue weighted by atomic mass is 16.5. The third-order valence-corrected chi connectivity index (χ3v) is 4.59. The molecule has 124 valence electrons. The summed E-state index contributed by atoms with van der Waals surface area (Å²) in [5, 5.41) is 5.94. The zero-order valence-electron chi connectivity index (χ0n) is 13.3. The molecule has 1 saturated carbocycles. The van der Waals surface area contributed by atoms with Gasteiger partial charge < -0.3 is 15.4 Å². The summed E-state index contributed by atoms with van der Waals surface area (Å²) >= 11 is 0. The molecule has 0 spiro atoms. The van der Waals surface area contributed by atoms with Gasteiger partial charge in [-0.3, -0.25) is 9.59 Å². The molecular weight excluding hydrogens is 292 g/mol. The van der Waals surface area contributed by atoms with Crippen molar-refractivity contribution in [3.8, 4) is 0 Å². The maximum atomic E-state index is 12.5. The average Bonchev–Trinajstić information content (AvgIpc) is 3.11. The topological polar surface area (TPSA) is 67.4 Å². The molecule has 1 saturated heterocycles. The monoisotopic (exact) mass is 316 g/mol. The molecule has 0 bridgehead atoms. The van der Waals surface area contributed by atoms with Gasteiger partial charge in [0, 0.05) is 12.6 Å². The first kappa shape index (κ1) is 16.0. The van der Waals surface area contributed by atoms with Crippen LogP contribution >= 0.6 is 0 Å². The molecule has 1 aromatic rings. The quantitative estimate of drug-likeness (QED) is 0.897. The fourth-order valence-corrected chi connectivity index (χ4v) is 3.30. The van der Waals surface area contributed by atoms with Crippen LogP contribution < -0.4 is 10.6 Å². The first-order valence-corrected chi connectivity index (χ1v) is 8.56. The molecule has 1 atom stereocenters. The number of carbonyl (C=O) groups is 2. The van der Waals surface area contributed by atoms with Gasteiger partial charge in [0.1, 0.15) is 6.10 Å². The highest BCUT2D eigenvalue weighted by Crippen LogP contribution is 2.21. The second kappa shape index (κ2) is 7.59. The Bertz CT molecular complexity index is 561. The van der Waals surface area contributed by atoms with Crippen LogP contribution in [-0.4, -0.2) is 30.6 Å². The number of ether oxygens (including phenoxy) is 1. The minimum absolute atomic E-state index is 0.111. The summed E-state index contributed by atoms with van der Waals surface area (Å²) in [4.78, 5) is 24.8. The van der Waals surface area contributed by atoms with Crippen molar-refractivity contribution in [2.45, 2.75) is 57.1 Å². The first-order valence-electron chi connectivity index (χ1n) is 8.56. The second-order valence-electron chi connectivity index (χ2n) is 6.34. The van der Waals surface area contributed by atoms with Crippen LogP contribution in [-0.2, 0) is 9.53 Å². The first-order chi connectivity index (χ1) is 11.2. The van der Waals surface area contributed by atoms with E-state index >= 15 is 0 Å². The van der Waals surface area contributed by atoms with Crippen LogP contribution in [0.2, 0.25) is 0 Å². The minimum Gasteiger partial charge on any atom is -0.368 e. The molecule has 2 aliphatic rings. The van der Waals surface area contributed by atoms with E-state index in [1.54, 1.807) is 12.1 Å². The molecule has 1 unspecified atom stereocenters. The van der Waals surface area contributed by atoms with E-state index in [0.717, 1.165) is 25.7 Å². The van der Waals surface area contributed by atoms with Gasteiger partial charge in [0.05, 0.1) is 11.3 Å². The molecule has 1 aromatic carbocycles. The maximum absolute atomic E-state index is 12.5. The normalized spacial score (nSPS) is 21.8. The van der Waals surface area contributed by atoms with E-state index in [1.165, 1.54) is 19.3 Å². The van der Waals surface area contributed by atoms with Crippen molar-refractivity contribution in [1.82, 2.24) is 5.32 Å². The number of hydrogen-bond acceptors (Lipinski definition) is 3. The maximum Gasteiger partial charge on any atom is 0.253 e. The molecule has 2 fully saturated rings. The van der Waals surface area contributed by atoms with Gasteiger partial charge in [0.2, 0.25) is 0 Å². The Balaban J connectivity index is 1.66. The van der Waals surface area contributed by atoms with Gasteiger partial charge in [-0.25, -0.2) is 0 Å². The number of anilines is 1. The summed E-state index contributed by atoms with van der Waals surface area (Å²) in [7, 11) is 0. The molecule has 5 nitrogen and oxygen atoms in total. The number of hydrogen-bond donors (Lipinski definition) is 2. The zero-order chi connectivity index (χ0) is 16.1. The molecule has 2 N–H and O–H groups in total. The van der Waals surface area contributed by atoms with E-state index in [4.69, 9.17) is 4.74 Å². The van der Waals surface area contributed by atoms with E-state index in [-0.39, 0.29) is 17.9 Å². The molecule has 3 rings (SSSR count). The van der Waals surface area contributed by atoms with E-state index in [0.29, 0.717) is 17.9 Å². The predicted octanol–water partition coefficient (Wildman–Crippen LogP) is 2.87. The number of carbonyl (C=O) groups excluding carboxylic acids is 2. The molecule has 23 heavy (non-hydrogen) atoms. The summed E-state index contributed by atoms with van der Waals surface area (Å²) in [6.45, 7) is 0.627. The van der Waals surface area contributed by atoms with Crippen LogP contribution in [0.15, 0.2) is 24.3 Å². The lowest BCUT2D eigenvalue weighted by atomic mass is 9.95. The largest absolute Gasteiger partial charge is 0.368 e. The van der Waals surface area contributed by atoms with Crippen LogP contribution in [0.5, 0.6) is 0 Å². The number of benzene rings is 1. The highest BCUT2D eigenvalue weighted by molar-refractivity contribution is 6.04. The van der Waals surface area contributed by atoms with E-state index in [9.17, 15) is 9.59 Å². The Kier molecular flexibility index (Phi) is 5.28. The van der Waals surface area contributed by atoms with E-state index in [1.807, 2.05) is 12.1 Å². The summed E-state index contributed by atoms with van der Waals surface area (Å²) in [6, 6.07) is 7.41. The third kappa shape index (κ3) is 4.10. The van der Waals surface area contributed by atoms with Crippen molar-refractivity contribution in [3.05, 3.63) is 29.8 Å². The van der Waals surface area contributed by atoms with Gasteiger partial charge in [0.15, 0.2) is 0 Å². The Morgan fingerprint density at radius 3 is 2.52 bits per heavy atom. The molecular formula is C18H24N2O3. The van der Waals surface area contributed by atoms with Crippen molar-refractivity contribution in [3.63, 3.8) is 0 Å². The second-order valence-corrected chi connectivity index (χ2v) is 6.34. The summed E-state index contributed by atoms with van der Waals surface area (Å²) in [6.07, 6.45) is 6.91. The van der Waals surface area contributed by atoms with Crippen LogP contribution in [0, 0.1) is 0 Å². The summed E-state index contributed by atoms with van der Waals surface area (Å²) < 4.78 is 5.40. The minimum atomic E-state index is -0.399. The van der Waals surface area contributed by atoms with Crippen LogP contribution in [0.25, 0.3) is 0 Å². The lowest BCUT2D eigenvalue weighted by Gasteiger charge is -2.23. The van der Waals surface area contributed by atoms with Gasteiger partial charge in [-0.05, 0) is 37.8 Å². The third-order valence-electron chi connectivity index (χ3n) is 4.59. The van der Waals surface area contributed by atoms with E-state index in [2.05, 4.69) is 10.6 Å². The Morgan fingerprint density at radius 1 is 1.00 bits per heavy atom. The smallest absolute Gasteiger partial charge is 0.253 e. The van der Waals surface area contributed by atoms with Crippen molar-refractivity contribution in [2.75, 3.05) is 11.9 Å². The number of para-hydroxylation sites is 1. The van der Waals surface area contributed by atoms with Crippen molar-refractivity contribution >= 4 is 17.5 Å². The van der Waals surface area contributed by atoms with Gasteiger partial charge in [-0.1, -0.05) is 31.4 Å². The standard InChI is InChI=1S/C18H24N2O3/c21-17(19-13-7-2-1-3-8-13)14-9-4-5-10-15(14)20-18(22)16-11-6-12-23-16/h4-5,9-10,13,16H,1-3,6-8,11-12H2,(H,19,21)(H,20,22). The highest BCUT2D eigenvalue weighted by Gasteiger charge is 2.25. The van der Waals surface area contributed by atoms with Crippen molar-refractivity contribution in [1.29, 1.82) is 0 Å². The number of rotatable bonds is 4. The average molecular weight is 316 g/mol. The zero-order valence-corrected chi connectivity index (χ0v) is 13.3.